The fourth-order valence-corrected chi connectivity index (χ4v) is 4.04. The molecule has 1 aliphatic heterocycles. The van der Waals surface area contributed by atoms with E-state index in [0.717, 1.165) is 0 Å². The first-order valence-corrected chi connectivity index (χ1v) is 9.15. The van der Waals surface area contributed by atoms with Crippen LogP contribution in [0.4, 0.5) is 0 Å². The van der Waals surface area contributed by atoms with Crippen LogP contribution < -0.4 is 4.72 Å². The van der Waals surface area contributed by atoms with Gasteiger partial charge in [-0.1, -0.05) is 23.7 Å². The molecule has 1 N–H and O–H groups in total. The Morgan fingerprint density at radius 3 is 2.36 bits per heavy atom. The van der Waals surface area contributed by atoms with Gasteiger partial charge in [-0.25, -0.2) is 13.1 Å². The average Bonchev–Trinajstić information content (AvgIpc) is 2.72. The van der Waals surface area contributed by atoms with Gasteiger partial charge in [-0.2, -0.15) is 0 Å². The van der Waals surface area contributed by atoms with Crippen molar-refractivity contribution in [3.8, 4) is 0 Å². The minimum Gasteiger partial charge on any atom is -0.336 e. The van der Waals surface area contributed by atoms with Crippen LogP contribution in [0.15, 0.2) is 24.3 Å². The number of rotatable bonds is 4. The standard InChI is InChI=1S/C15H21ClN2O3S/c1-15(2,3)18-9-13(8-14(18)19)17-22(20,21)10-11-4-6-12(16)7-5-11/h4-7,13,17H,8-10H2,1-3H3. The Morgan fingerprint density at radius 2 is 1.86 bits per heavy atom. The van der Waals surface area contributed by atoms with E-state index in [2.05, 4.69) is 4.72 Å². The zero-order valence-electron chi connectivity index (χ0n) is 13.0. The summed E-state index contributed by atoms with van der Waals surface area (Å²) in [5, 5.41) is 0.566. The van der Waals surface area contributed by atoms with Gasteiger partial charge in [0.2, 0.25) is 15.9 Å². The summed E-state index contributed by atoms with van der Waals surface area (Å²) < 4.78 is 27.1. The van der Waals surface area contributed by atoms with Gasteiger partial charge in [0.15, 0.2) is 0 Å². The van der Waals surface area contributed by atoms with Crippen molar-refractivity contribution in [2.24, 2.45) is 0 Å². The monoisotopic (exact) mass is 344 g/mol. The molecule has 1 amide bonds. The topological polar surface area (TPSA) is 66.5 Å². The molecule has 0 radical (unpaired) electrons. The molecular formula is C15H21ClN2O3S. The molecule has 1 saturated heterocycles. The number of halogens is 1. The van der Waals surface area contributed by atoms with Crippen molar-refractivity contribution < 1.29 is 13.2 Å². The molecule has 22 heavy (non-hydrogen) atoms. The minimum absolute atomic E-state index is 0.0216. The van der Waals surface area contributed by atoms with E-state index in [0.29, 0.717) is 17.1 Å². The summed E-state index contributed by atoms with van der Waals surface area (Å²) in [5.74, 6) is -0.142. The third-order valence-corrected chi connectivity index (χ3v) is 5.21. The number of benzene rings is 1. The van der Waals surface area contributed by atoms with Crippen LogP contribution in [0, 0.1) is 0 Å². The fourth-order valence-electron chi connectivity index (χ4n) is 2.53. The Bertz CT molecular complexity index is 650. The number of hydrogen-bond donors (Lipinski definition) is 1. The summed E-state index contributed by atoms with van der Waals surface area (Å²) in [6.45, 7) is 6.22. The van der Waals surface area contributed by atoms with Gasteiger partial charge in [0, 0.05) is 29.6 Å². The summed E-state index contributed by atoms with van der Waals surface area (Å²) >= 11 is 5.79. The van der Waals surface area contributed by atoms with E-state index in [1.165, 1.54) is 0 Å². The quantitative estimate of drug-likeness (QED) is 0.910. The van der Waals surface area contributed by atoms with E-state index >= 15 is 0 Å². The predicted molar refractivity (Wildman–Crippen MR) is 87.1 cm³/mol. The van der Waals surface area contributed by atoms with Gasteiger partial charge in [-0.05, 0) is 38.5 Å². The first-order valence-electron chi connectivity index (χ1n) is 7.12. The van der Waals surface area contributed by atoms with E-state index in [1.54, 1.807) is 29.2 Å². The van der Waals surface area contributed by atoms with Crippen LogP contribution in [-0.2, 0) is 20.6 Å². The molecule has 0 spiro atoms. The van der Waals surface area contributed by atoms with Crippen LogP contribution in [-0.4, -0.2) is 37.4 Å². The molecule has 1 unspecified atom stereocenters. The number of likely N-dealkylation sites (tertiary alicyclic amines) is 1. The summed E-state index contributed by atoms with van der Waals surface area (Å²) in [6, 6.07) is 6.31. The highest BCUT2D eigenvalue weighted by Crippen LogP contribution is 2.22. The van der Waals surface area contributed by atoms with Crippen LogP contribution in [0.2, 0.25) is 5.02 Å². The lowest BCUT2D eigenvalue weighted by molar-refractivity contribution is -0.131. The molecule has 1 atom stereocenters. The molecule has 1 aromatic carbocycles. The van der Waals surface area contributed by atoms with Gasteiger partial charge in [-0.3, -0.25) is 4.79 Å². The predicted octanol–water partition coefficient (Wildman–Crippen LogP) is 2.16. The molecule has 1 aliphatic rings. The zero-order valence-corrected chi connectivity index (χ0v) is 14.5. The molecule has 0 aromatic heterocycles. The van der Waals surface area contributed by atoms with Gasteiger partial charge in [0.25, 0.3) is 0 Å². The largest absolute Gasteiger partial charge is 0.336 e. The lowest BCUT2D eigenvalue weighted by Crippen LogP contribution is -2.44. The van der Waals surface area contributed by atoms with E-state index in [1.807, 2.05) is 20.8 Å². The van der Waals surface area contributed by atoms with E-state index in [9.17, 15) is 13.2 Å². The number of carbonyl (C=O) groups excluding carboxylic acids is 1. The molecule has 5 nitrogen and oxygen atoms in total. The average molecular weight is 345 g/mol. The summed E-state index contributed by atoms with van der Waals surface area (Å²) in [4.78, 5) is 13.7. The Hall–Kier alpha value is -1.11. The smallest absolute Gasteiger partial charge is 0.224 e. The lowest BCUT2D eigenvalue weighted by atomic mass is 10.1. The molecule has 1 heterocycles. The van der Waals surface area contributed by atoms with Gasteiger partial charge < -0.3 is 4.90 Å². The van der Waals surface area contributed by atoms with Gasteiger partial charge in [0.05, 0.1) is 5.75 Å². The maximum Gasteiger partial charge on any atom is 0.224 e. The Kier molecular flexibility index (Phi) is 4.84. The molecule has 2 rings (SSSR count). The molecular weight excluding hydrogens is 324 g/mol. The van der Waals surface area contributed by atoms with Crippen LogP contribution in [0.1, 0.15) is 32.8 Å². The number of nitrogens with one attached hydrogen (secondary N) is 1. The third-order valence-electron chi connectivity index (χ3n) is 3.55. The Labute approximate surface area is 136 Å². The van der Waals surface area contributed by atoms with Crippen molar-refractivity contribution in [2.45, 2.75) is 44.5 Å². The van der Waals surface area contributed by atoms with Crippen molar-refractivity contribution in [1.29, 1.82) is 0 Å². The van der Waals surface area contributed by atoms with Crippen LogP contribution >= 0.6 is 11.6 Å². The molecule has 1 fully saturated rings. The number of nitrogens with zero attached hydrogens (tertiary/aromatic N) is 1. The zero-order chi connectivity index (χ0) is 16.5. The number of sulfonamides is 1. The van der Waals surface area contributed by atoms with Crippen molar-refractivity contribution in [2.75, 3.05) is 6.54 Å². The number of carbonyl (C=O) groups is 1. The van der Waals surface area contributed by atoms with E-state index < -0.39 is 10.0 Å². The second-order valence-corrected chi connectivity index (χ2v) is 8.77. The molecule has 7 heteroatoms. The molecule has 0 aliphatic carbocycles. The highest BCUT2D eigenvalue weighted by atomic mass is 35.5. The van der Waals surface area contributed by atoms with Gasteiger partial charge in [-0.15, -0.1) is 0 Å². The first-order chi connectivity index (χ1) is 10.1. The SMILES string of the molecule is CC(C)(C)N1CC(NS(=O)(=O)Cc2ccc(Cl)cc2)CC1=O. The summed E-state index contributed by atoms with van der Waals surface area (Å²) in [7, 11) is -3.50. The maximum absolute atomic E-state index is 12.2. The Morgan fingerprint density at radius 1 is 1.27 bits per heavy atom. The second-order valence-electron chi connectivity index (χ2n) is 6.58. The maximum atomic E-state index is 12.2. The normalized spacial score (nSPS) is 19.7. The van der Waals surface area contributed by atoms with Gasteiger partial charge >= 0.3 is 0 Å². The summed E-state index contributed by atoms with van der Waals surface area (Å²) in [6.07, 6.45) is 0.205. The first kappa shape index (κ1) is 17.2. The highest BCUT2D eigenvalue weighted by molar-refractivity contribution is 7.88. The number of amides is 1. The van der Waals surface area contributed by atoms with Crippen molar-refractivity contribution in [3.05, 3.63) is 34.9 Å². The van der Waals surface area contributed by atoms with Crippen LogP contribution in [0.3, 0.4) is 0 Å². The van der Waals surface area contributed by atoms with Crippen molar-refractivity contribution in [3.63, 3.8) is 0 Å². The minimum atomic E-state index is -3.50. The fraction of sp³-hybridized carbons (Fsp3) is 0.533. The van der Waals surface area contributed by atoms with Gasteiger partial charge in [0.1, 0.15) is 0 Å². The van der Waals surface area contributed by atoms with Crippen LogP contribution in [0.25, 0.3) is 0 Å². The molecule has 122 valence electrons. The second kappa shape index (κ2) is 6.18. The highest BCUT2D eigenvalue weighted by Gasteiger charge is 2.37. The van der Waals surface area contributed by atoms with Crippen molar-refractivity contribution in [1.82, 2.24) is 9.62 Å². The van der Waals surface area contributed by atoms with Crippen LogP contribution in [0.5, 0.6) is 0 Å². The van der Waals surface area contributed by atoms with Crippen molar-refractivity contribution >= 4 is 27.5 Å². The Balaban J connectivity index is 2.01. The molecule has 0 bridgehead atoms. The molecule has 1 aromatic rings. The van der Waals surface area contributed by atoms with E-state index in [4.69, 9.17) is 11.6 Å². The number of hydrogen-bond acceptors (Lipinski definition) is 3. The lowest BCUT2D eigenvalue weighted by Gasteiger charge is -2.32. The summed E-state index contributed by atoms with van der Waals surface area (Å²) in [5.41, 5.74) is 0.363. The molecule has 0 saturated carbocycles. The third kappa shape index (κ3) is 4.44. The van der Waals surface area contributed by atoms with E-state index in [-0.39, 0.29) is 29.7 Å².